The highest BCUT2D eigenvalue weighted by molar-refractivity contribution is 5.69. The molecule has 0 saturated heterocycles. The Labute approximate surface area is 178 Å². The van der Waals surface area contributed by atoms with E-state index in [1.54, 1.807) is 0 Å². The van der Waals surface area contributed by atoms with Crippen LogP contribution < -0.4 is 0 Å². The maximum absolute atomic E-state index is 11.4. The average molecular weight is 407 g/mol. The molecule has 1 unspecified atom stereocenters. The lowest BCUT2D eigenvalue weighted by Gasteiger charge is -2.08. The number of aliphatic hydroxyl groups is 2. The molecule has 0 aromatic rings. The predicted molar refractivity (Wildman–Crippen MR) is 122 cm³/mol. The molecule has 0 aliphatic carbocycles. The molecule has 0 aromatic carbocycles. The van der Waals surface area contributed by atoms with Crippen molar-refractivity contribution in [2.45, 2.75) is 90.1 Å². The first-order valence-electron chi connectivity index (χ1n) is 11.2. The highest BCUT2D eigenvalue weighted by Crippen LogP contribution is 2.06. The molecule has 0 heterocycles. The smallest absolute Gasteiger partial charge is 0.305 e. The number of hydrogen-bond donors (Lipinski definition) is 2. The minimum atomic E-state index is -0.976. The highest BCUT2D eigenvalue weighted by Gasteiger charge is 2.07. The zero-order valence-corrected chi connectivity index (χ0v) is 18.3. The van der Waals surface area contributed by atoms with E-state index in [9.17, 15) is 4.79 Å². The number of aliphatic hydroxyl groups excluding tert-OH is 2. The van der Waals surface area contributed by atoms with E-state index in [1.807, 2.05) is 0 Å². The normalized spacial score (nSPS) is 13.3. The first kappa shape index (κ1) is 27.4. The predicted octanol–water partition coefficient (Wildman–Crippen LogP) is 5.81. The molecule has 0 bridgehead atoms. The van der Waals surface area contributed by atoms with E-state index in [0.717, 1.165) is 44.9 Å². The standard InChI is InChI=1S/C25H42O4/c1-2-3-4-5-6-7-8-9-10-11-12-13-14-15-16-17-18-19-20-21-25(28)29-23-24(27)22-26/h6-7,9-10,12-13,15-16,24,26-27H,2-5,8,11,14,17-23H2,1H3/b7-6-,10-9-,13-12-,16-15-. The summed E-state index contributed by atoms with van der Waals surface area (Å²) >= 11 is 0. The van der Waals surface area contributed by atoms with Gasteiger partial charge in [-0.2, -0.15) is 0 Å². The van der Waals surface area contributed by atoms with Gasteiger partial charge < -0.3 is 14.9 Å². The van der Waals surface area contributed by atoms with Gasteiger partial charge in [0.1, 0.15) is 12.7 Å². The number of allylic oxidation sites excluding steroid dienone is 8. The second-order valence-electron chi connectivity index (χ2n) is 7.21. The molecule has 4 heteroatoms. The number of rotatable bonds is 19. The first-order valence-corrected chi connectivity index (χ1v) is 11.2. The van der Waals surface area contributed by atoms with E-state index in [0.29, 0.717) is 6.42 Å². The molecule has 0 aliphatic rings. The number of ether oxygens (including phenoxy) is 1. The van der Waals surface area contributed by atoms with E-state index in [4.69, 9.17) is 14.9 Å². The Morgan fingerprint density at radius 1 is 0.793 bits per heavy atom. The van der Waals surface area contributed by atoms with E-state index in [1.165, 1.54) is 25.7 Å². The fourth-order valence-corrected chi connectivity index (χ4v) is 2.58. The third kappa shape index (κ3) is 22.5. The lowest BCUT2D eigenvalue weighted by atomic mass is 10.1. The lowest BCUT2D eigenvalue weighted by Crippen LogP contribution is -2.21. The van der Waals surface area contributed by atoms with Crippen LogP contribution in [0.15, 0.2) is 48.6 Å². The fourth-order valence-electron chi connectivity index (χ4n) is 2.58. The van der Waals surface area contributed by atoms with Gasteiger partial charge in [0.2, 0.25) is 0 Å². The molecule has 0 rings (SSSR count). The molecule has 0 aromatic heterocycles. The van der Waals surface area contributed by atoms with Gasteiger partial charge in [-0.3, -0.25) is 4.79 Å². The summed E-state index contributed by atoms with van der Waals surface area (Å²) in [6, 6.07) is 0. The summed E-state index contributed by atoms with van der Waals surface area (Å²) in [6.45, 7) is 1.72. The van der Waals surface area contributed by atoms with Crippen LogP contribution in [0.2, 0.25) is 0 Å². The molecular weight excluding hydrogens is 364 g/mol. The quantitative estimate of drug-likeness (QED) is 0.161. The van der Waals surface area contributed by atoms with Crippen molar-refractivity contribution < 1.29 is 19.7 Å². The summed E-state index contributed by atoms with van der Waals surface area (Å²) in [6.07, 6.45) is 29.1. The van der Waals surface area contributed by atoms with E-state index in [-0.39, 0.29) is 19.2 Å². The number of carbonyl (C=O) groups excluding carboxylic acids is 1. The maximum Gasteiger partial charge on any atom is 0.305 e. The van der Waals surface area contributed by atoms with E-state index < -0.39 is 6.10 Å². The molecule has 0 saturated carbocycles. The monoisotopic (exact) mass is 406 g/mol. The zero-order valence-electron chi connectivity index (χ0n) is 18.3. The molecule has 0 radical (unpaired) electrons. The average Bonchev–Trinajstić information content (AvgIpc) is 2.73. The molecule has 1 atom stereocenters. The van der Waals surface area contributed by atoms with Crippen LogP contribution in [0.5, 0.6) is 0 Å². The van der Waals surface area contributed by atoms with Crippen molar-refractivity contribution in [1.82, 2.24) is 0 Å². The van der Waals surface area contributed by atoms with Gasteiger partial charge in [0.05, 0.1) is 6.61 Å². The summed E-state index contributed by atoms with van der Waals surface area (Å²) in [5.41, 5.74) is 0. The van der Waals surface area contributed by atoms with Crippen molar-refractivity contribution >= 4 is 5.97 Å². The maximum atomic E-state index is 11.4. The third-order valence-electron chi connectivity index (χ3n) is 4.36. The Balaban J connectivity index is 3.44. The van der Waals surface area contributed by atoms with Crippen molar-refractivity contribution in [3.63, 3.8) is 0 Å². The minimum absolute atomic E-state index is 0.127. The van der Waals surface area contributed by atoms with Gasteiger partial charge in [-0.05, 0) is 51.4 Å². The number of esters is 1. The number of carbonyl (C=O) groups is 1. The molecule has 4 nitrogen and oxygen atoms in total. The van der Waals surface area contributed by atoms with Crippen molar-refractivity contribution in [3.8, 4) is 0 Å². The van der Waals surface area contributed by atoms with Gasteiger partial charge in [0.15, 0.2) is 0 Å². The minimum Gasteiger partial charge on any atom is -0.463 e. The Morgan fingerprint density at radius 2 is 1.31 bits per heavy atom. The Bertz CT molecular complexity index is 477. The van der Waals surface area contributed by atoms with Crippen molar-refractivity contribution in [2.24, 2.45) is 0 Å². The molecule has 0 amide bonds. The molecule has 29 heavy (non-hydrogen) atoms. The van der Waals surface area contributed by atoms with Crippen LogP contribution >= 0.6 is 0 Å². The summed E-state index contributed by atoms with van der Waals surface area (Å²) in [4.78, 5) is 11.4. The van der Waals surface area contributed by atoms with Crippen LogP contribution in [0.25, 0.3) is 0 Å². The number of hydrogen-bond acceptors (Lipinski definition) is 4. The largest absolute Gasteiger partial charge is 0.463 e. The molecule has 166 valence electrons. The van der Waals surface area contributed by atoms with E-state index >= 15 is 0 Å². The second kappa shape index (κ2) is 22.6. The van der Waals surface area contributed by atoms with Crippen molar-refractivity contribution in [3.05, 3.63) is 48.6 Å². The molecule has 0 aliphatic heterocycles. The van der Waals surface area contributed by atoms with Gasteiger partial charge in [-0.15, -0.1) is 0 Å². The Hall–Kier alpha value is -1.65. The molecule has 0 spiro atoms. The Morgan fingerprint density at radius 3 is 1.83 bits per heavy atom. The van der Waals surface area contributed by atoms with Crippen LogP contribution in [0.4, 0.5) is 0 Å². The van der Waals surface area contributed by atoms with E-state index in [2.05, 4.69) is 55.5 Å². The van der Waals surface area contributed by atoms with Gasteiger partial charge >= 0.3 is 5.97 Å². The van der Waals surface area contributed by atoms with Crippen molar-refractivity contribution in [2.75, 3.05) is 13.2 Å². The molecule has 0 fully saturated rings. The number of unbranched alkanes of at least 4 members (excludes halogenated alkanes) is 6. The summed E-state index contributed by atoms with van der Waals surface area (Å²) in [5.74, 6) is -0.310. The Kier molecular flexibility index (Phi) is 21.3. The lowest BCUT2D eigenvalue weighted by molar-refractivity contribution is -0.147. The van der Waals surface area contributed by atoms with Gasteiger partial charge in [-0.25, -0.2) is 0 Å². The topological polar surface area (TPSA) is 66.8 Å². The van der Waals surface area contributed by atoms with Gasteiger partial charge in [-0.1, -0.05) is 74.8 Å². The third-order valence-corrected chi connectivity index (χ3v) is 4.36. The van der Waals surface area contributed by atoms with Crippen LogP contribution in [0.3, 0.4) is 0 Å². The first-order chi connectivity index (χ1) is 14.2. The zero-order chi connectivity index (χ0) is 21.4. The van der Waals surface area contributed by atoms with Crippen LogP contribution in [0, 0.1) is 0 Å². The fraction of sp³-hybridized carbons (Fsp3) is 0.640. The summed E-state index contributed by atoms with van der Waals surface area (Å²) < 4.78 is 4.85. The van der Waals surface area contributed by atoms with Crippen LogP contribution in [-0.4, -0.2) is 35.5 Å². The second-order valence-corrected chi connectivity index (χ2v) is 7.21. The van der Waals surface area contributed by atoms with Crippen LogP contribution in [-0.2, 0) is 9.53 Å². The SMILES string of the molecule is CCCCC/C=C\C/C=C\C/C=C\C/C=C\CCCCCC(=O)OCC(O)CO. The van der Waals surface area contributed by atoms with Crippen molar-refractivity contribution in [1.29, 1.82) is 0 Å². The summed E-state index contributed by atoms with van der Waals surface area (Å²) in [7, 11) is 0. The summed E-state index contributed by atoms with van der Waals surface area (Å²) in [5, 5.41) is 17.7. The molecular formula is C25H42O4. The van der Waals surface area contributed by atoms with Gasteiger partial charge in [0.25, 0.3) is 0 Å². The van der Waals surface area contributed by atoms with Crippen LogP contribution in [0.1, 0.15) is 84.0 Å². The highest BCUT2D eigenvalue weighted by atomic mass is 16.5. The van der Waals surface area contributed by atoms with Gasteiger partial charge in [0, 0.05) is 6.42 Å². The molecule has 2 N–H and O–H groups in total.